The molecule has 1 aliphatic rings. The van der Waals surface area contributed by atoms with Gasteiger partial charge >= 0.3 is 0 Å². The van der Waals surface area contributed by atoms with E-state index in [-0.39, 0.29) is 12.4 Å². The summed E-state index contributed by atoms with van der Waals surface area (Å²) in [6, 6.07) is 5.99. The van der Waals surface area contributed by atoms with E-state index < -0.39 is 9.84 Å². The monoisotopic (exact) mass is 416 g/mol. The minimum atomic E-state index is -2.97. The van der Waals surface area contributed by atoms with E-state index in [0.717, 1.165) is 37.2 Å². The van der Waals surface area contributed by atoms with Crippen LogP contribution in [0.1, 0.15) is 5.56 Å². The summed E-state index contributed by atoms with van der Waals surface area (Å²) in [6.07, 6.45) is 1.21. The number of nitrogens with zero attached hydrogens (tertiary/aromatic N) is 3. The minimum absolute atomic E-state index is 0.0482. The van der Waals surface area contributed by atoms with Crippen LogP contribution in [0.4, 0.5) is 5.69 Å². The van der Waals surface area contributed by atoms with Crippen molar-refractivity contribution in [3.63, 3.8) is 0 Å². The van der Waals surface area contributed by atoms with Gasteiger partial charge in [-0.25, -0.2) is 8.42 Å². The Kier molecular flexibility index (Phi) is 8.19. The maximum atomic E-state index is 11.1. The first-order chi connectivity index (χ1) is 12.8. The molecule has 0 aromatic heterocycles. The molecular weight excluding hydrogens is 388 g/mol. The summed E-state index contributed by atoms with van der Waals surface area (Å²) in [5.41, 5.74) is 2.41. The quantitative estimate of drug-likeness (QED) is 0.411. The molecule has 0 amide bonds. The first-order valence-electron chi connectivity index (χ1n) is 9.02. The summed E-state index contributed by atoms with van der Waals surface area (Å²) in [5.74, 6) is 0.885. The van der Waals surface area contributed by atoms with Gasteiger partial charge in [0.2, 0.25) is 0 Å². The largest absolute Gasteiger partial charge is 0.379 e. The van der Waals surface area contributed by atoms with Crippen molar-refractivity contribution in [2.24, 2.45) is 4.99 Å². The molecule has 1 aromatic rings. The fourth-order valence-electron chi connectivity index (χ4n) is 2.96. The van der Waals surface area contributed by atoms with Gasteiger partial charge in [0.25, 0.3) is 0 Å². The van der Waals surface area contributed by atoms with Crippen molar-refractivity contribution < 1.29 is 13.2 Å². The van der Waals surface area contributed by atoms with E-state index in [1.54, 1.807) is 7.05 Å². The van der Waals surface area contributed by atoms with Gasteiger partial charge in [0.1, 0.15) is 9.84 Å². The average Bonchev–Trinajstić information content (AvgIpc) is 2.62. The third kappa shape index (κ3) is 7.20. The van der Waals surface area contributed by atoms with Crippen LogP contribution in [0.2, 0.25) is 5.02 Å². The Morgan fingerprint density at radius 2 is 1.96 bits per heavy atom. The van der Waals surface area contributed by atoms with Crippen LogP contribution in [0.5, 0.6) is 0 Å². The fraction of sp³-hybridized carbons (Fsp3) is 0.611. The number of ether oxygens (including phenoxy) is 1. The second-order valence-electron chi connectivity index (χ2n) is 6.62. The molecule has 0 atom stereocenters. The van der Waals surface area contributed by atoms with Gasteiger partial charge in [0.05, 0.1) is 19.0 Å². The Morgan fingerprint density at radius 3 is 2.59 bits per heavy atom. The lowest BCUT2D eigenvalue weighted by Gasteiger charge is -2.38. The van der Waals surface area contributed by atoms with Crippen LogP contribution < -0.4 is 10.2 Å². The molecule has 0 unspecified atom stereocenters. The molecule has 0 saturated carbocycles. The van der Waals surface area contributed by atoms with Crippen LogP contribution in [-0.4, -0.2) is 84.3 Å². The molecule has 0 bridgehead atoms. The zero-order valence-corrected chi connectivity index (χ0v) is 17.8. The van der Waals surface area contributed by atoms with E-state index in [0.29, 0.717) is 13.2 Å². The van der Waals surface area contributed by atoms with Crippen LogP contribution >= 0.6 is 11.6 Å². The van der Waals surface area contributed by atoms with Gasteiger partial charge in [-0.2, -0.15) is 0 Å². The summed E-state index contributed by atoms with van der Waals surface area (Å²) in [6.45, 7) is 6.86. The van der Waals surface area contributed by atoms with E-state index in [9.17, 15) is 8.42 Å². The van der Waals surface area contributed by atoms with Crippen LogP contribution in [0.25, 0.3) is 0 Å². The average molecular weight is 417 g/mol. The summed E-state index contributed by atoms with van der Waals surface area (Å²) < 4.78 is 27.5. The van der Waals surface area contributed by atoms with Crippen molar-refractivity contribution in [2.45, 2.75) is 6.92 Å². The highest BCUT2D eigenvalue weighted by molar-refractivity contribution is 7.90. The maximum Gasteiger partial charge on any atom is 0.193 e. The number of hydrogen-bond acceptors (Lipinski definition) is 5. The molecule has 0 spiro atoms. The molecule has 1 heterocycles. The normalized spacial score (nSPS) is 15.9. The van der Waals surface area contributed by atoms with E-state index in [1.165, 1.54) is 17.5 Å². The second kappa shape index (κ2) is 10.1. The SMILES string of the molecule is CN=C(NCCOCCS(C)(=O)=O)N1CCN(c2cc(Cl)ccc2C)CC1. The number of anilines is 1. The van der Waals surface area contributed by atoms with E-state index in [1.807, 2.05) is 18.2 Å². The molecule has 0 aliphatic carbocycles. The van der Waals surface area contributed by atoms with Crippen molar-refractivity contribution in [1.82, 2.24) is 10.2 Å². The summed E-state index contributed by atoms with van der Waals surface area (Å²) in [5, 5.41) is 4.03. The number of hydrogen-bond donors (Lipinski definition) is 1. The number of aryl methyl sites for hydroxylation is 1. The lowest BCUT2D eigenvalue weighted by molar-refractivity contribution is 0.153. The van der Waals surface area contributed by atoms with Crippen molar-refractivity contribution >= 4 is 33.1 Å². The topological polar surface area (TPSA) is 74.2 Å². The fourth-order valence-corrected chi connectivity index (χ4v) is 3.55. The number of piperazine rings is 1. The van der Waals surface area contributed by atoms with Gasteiger partial charge < -0.3 is 19.9 Å². The maximum absolute atomic E-state index is 11.1. The zero-order valence-electron chi connectivity index (χ0n) is 16.2. The van der Waals surface area contributed by atoms with Crippen LogP contribution in [0.15, 0.2) is 23.2 Å². The number of rotatable bonds is 7. The molecule has 1 saturated heterocycles. The summed E-state index contributed by atoms with van der Waals surface area (Å²) in [7, 11) is -1.21. The predicted molar refractivity (Wildman–Crippen MR) is 112 cm³/mol. The molecule has 2 rings (SSSR count). The van der Waals surface area contributed by atoms with E-state index in [2.05, 4.69) is 27.0 Å². The molecule has 9 heteroatoms. The van der Waals surface area contributed by atoms with Gasteiger partial charge in [-0.1, -0.05) is 17.7 Å². The van der Waals surface area contributed by atoms with Crippen molar-refractivity contribution in [2.75, 3.05) is 69.9 Å². The van der Waals surface area contributed by atoms with Crippen molar-refractivity contribution in [1.29, 1.82) is 0 Å². The molecule has 1 aromatic carbocycles. The first-order valence-corrected chi connectivity index (χ1v) is 11.5. The molecule has 152 valence electrons. The van der Waals surface area contributed by atoms with Gasteiger partial charge in [-0.05, 0) is 24.6 Å². The number of guanidine groups is 1. The zero-order chi connectivity index (χ0) is 19.9. The molecule has 1 aliphatic heterocycles. The number of nitrogens with one attached hydrogen (secondary N) is 1. The summed E-state index contributed by atoms with van der Waals surface area (Å²) in [4.78, 5) is 8.90. The highest BCUT2D eigenvalue weighted by Gasteiger charge is 2.20. The molecule has 1 N–H and O–H groups in total. The Balaban J connectivity index is 1.76. The molecule has 7 nitrogen and oxygen atoms in total. The molecule has 1 fully saturated rings. The Morgan fingerprint density at radius 1 is 1.26 bits per heavy atom. The third-order valence-corrected chi connectivity index (χ3v) is 5.57. The van der Waals surface area contributed by atoms with Gasteiger partial charge in [-0.15, -0.1) is 0 Å². The number of halogens is 1. The van der Waals surface area contributed by atoms with Gasteiger partial charge in [-0.3, -0.25) is 4.99 Å². The Bertz CT molecular complexity index is 747. The minimum Gasteiger partial charge on any atom is -0.379 e. The highest BCUT2D eigenvalue weighted by atomic mass is 35.5. The predicted octanol–water partition coefficient (Wildman–Crippen LogP) is 1.41. The van der Waals surface area contributed by atoms with E-state index >= 15 is 0 Å². The molecular formula is C18H29ClN4O3S. The summed E-state index contributed by atoms with van der Waals surface area (Å²) >= 11 is 6.14. The van der Waals surface area contributed by atoms with Gasteiger partial charge in [0.15, 0.2) is 5.96 Å². The second-order valence-corrected chi connectivity index (χ2v) is 9.32. The Hall–Kier alpha value is -1.51. The van der Waals surface area contributed by atoms with Gasteiger partial charge in [0, 0.05) is 56.7 Å². The first kappa shape index (κ1) is 21.8. The van der Waals surface area contributed by atoms with Crippen LogP contribution in [-0.2, 0) is 14.6 Å². The standard InChI is InChI=1S/C18H29ClN4O3S/c1-15-4-5-16(19)14-17(15)22-7-9-23(10-8-22)18(20-2)21-6-11-26-12-13-27(3,24)25/h4-5,14H,6-13H2,1-3H3,(H,20,21). The number of sulfone groups is 1. The highest BCUT2D eigenvalue weighted by Crippen LogP contribution is 2.25. The van der Waals surface area contributed by atoms with Crippen molar-refractivity contribution in [3.05, 3.63) is 28.8 Å². The number of benzene rings is 1. The van der Waals surface area contributed by atoms with Crippen LogP contribution in [0.3, 0.4) is 0 Å². The van der Waals surface area contributed by atoms with E-state index in [4.69, 9.17) is 16.3 Å². The molecule has 27 heavy (non-hydrogen) atoms. The third-order valence-electron chi connectivity index (χ3n) is 4.43. The lowest BCUT2D eigenvalue weighted by Crippen LogP contribution is -2.53. The van der Waals surface area contributed by atoms with Crippen LogP contribution in [0, 0.1) is 6.92 Å². The van der Waals surface area contributed by atoms with Crippen molar-refractivity contribution in [3.8, 4) is 0 Å². The smallest absolute Gasteiger partial charge is 0.193 e. The number of aliphatic imine (C=N–C) groups is 1. The Labute approximate surface area is 167 Å². The molecule has 0 radical (unpaired) electrons. The lowest BCUT2D eigenvalue weighted by atomic mass is 10.1.